The molecular formula is C21H24N4O5. The van der Waals surface area contributed by atoms with E-state index in [2.05, 4.69) is 20.4 Å². The molecule has 9 nitrogen and oxygen atoms in total. The SMILES string of the molecule is CC(C)c1[nH]c(=O)ccc1C(=O)NCCc1nc(Cc2ccccc2)no1.O=CO. The van der Waals surface area contributed by atoms with E-state index in [0.717, 1.165) is 5.56 Å². The van der Waals surface area contributed by atoms with Gasteiger partial charge in [-0.1, -0.05) is 49.3 Å². The van der Waals surface area contributed by atoms with E-state index < -0.39 is 0 Å². The Labute approximate surface area is 173 Å². The first kappa shape index (κ1) is 22.5. The number of carbonyl (C=O) groups is 2. The summed E-state index contributed by atoms with van der Waals surface area (Å²) in [6.07, 6.45) is 1.04. The van der Waals surface area contributed by atoms with Crippen LogP contribution in [-0.4, -0.2) is 39.2 Å². The van der Waals surface area contributed by atoms with E-state index >= 15 is 0 Å². The molecule has 0 aliphatic heterocycles. The first-order valence-electron chi connectivity index (χ1n) is 9.39. The van der Waals surface area contributed by atoms with Crippen molar-refractivity contribution in [2.45, 2.75) is 32.6 Å². The Hall–Kier alpha value is -3.75. The summed E-state index contributed by atoms with van der Waals surface area (Å²) in [7, 11) is 0. The molecule has 3 aromatic rings. The van der Waals surface area contributed by atoms with Gasteiger partial charge in [-0.05, 0) is 17.5 Å². The first-order chi connectivity index (χ1) is 14.4. The van der Waals surface area contributed by atoms with Crippen LogP contribution in [0.25, 0.3) is 0 Å². The predicted molar refractivity (Wildman–Crippen MR) is 109 cm³/mol. The van der Waals surface area contributed by atoms with Crippen LogP contribution in [0.2, 0.25) is 0 Å². The van der Waals surface area contributed by atoms with Crippen LogP contribution in [0.5, 0.6) is 0 Å². The number of nitrogens with one attached hydrogen (secondary N) is 2. The van der Waals surface area contributed by atoms with Gasteiger partial charge in [-0.15, -0.1) is 0 Å². The molecule has 0 aliphatic carbocycles. The second kappa shape index (κ2) is 11.3. The molecule has 0 aliphatic rings. The average Bonchev–Trinajstić information content (AvgIpc) is 3.16. The third kappa shape index (κ3) is 6.69. The summed E-state index contributed by atoms with van der Waals surface area (Å²) in [4.78, 5) is 39.4. The Morgan fingerprint density at radius 2 is 1.93 bits per heavy atom. The fraction of sp³-hybridized carbons (Fsp3) is 0.286. The summed E-state index contributed by atoms with van der Waals surface area (Å²) in [5.41, 5.74) is 1.99. The van der Waals surface area contributed by atoms with Crippen LogP contribution in [0.1, 0.15) is 53.1 Å². The van der Waals surface area contributed by atoms with Gasteiger partial charge < -0.3 is 19.9 Å². The van der Waals surface area contributed by atoms with Gasteiger partial charge >= 0.3 is 0 Å². The maximum atomic E-state index is 12.4. The largest absolute Gasteiger partial charge is 0.483 e. The van der Waals surface area contributed by atoms with Crippen molar-refractivity contribution in [3.8, 4) is 0 Å². The van der Waals surface area contributed by atoms with Gasteiger partial charge in [-0.2, -0.15) is 4.98 Å². The van der Waals surface area contributed by atoms with Crippen LogP contribution in [0, 0.1) is 0 Å². The zero-order chi connectivity index (χ0) is 21.9. The highest BCUT2D eigenvalue weighted by atomic mass is 16.5. The van der Waals surface area contributed by atoms with Crippen LogP contribution in [0.15, 0.2) is 51.8 Å². The van der Waals surface area contributed by atoms with Crippen molar-refractivity contribution in [3.63, 3.8) is 0 Å². The second-order valence-corrected chi connectivity index (χ2v) is 6.68. The zero-order valence-electron chi connectivity index (χ0n) is 16.8. The molecule has 2 aromatic heterocycles. The number of pyridine rings is 1. The van der Waals surface area contributed by atoms with Crippen LogP contribution >= 0.6 is 0 Å². The number of carbonyl (C=O) groups excluding carboxylic acids is 1. The van der Waals surface area contributed by atoms with Crippen molar-refractivity contribution in [1.29, 1.82) is 0 Å². The van der Waals surface area contributed by atoms with E-state index in [1.54, 1.807) is 6.07 Å². The number of aromatic nitrogens is 3. The van der Waals surface area contributed by atoms with Crippen molar-refractivity contribution >= 4 is 12.4 Å². The lowest BCUT2D eigenvalue weighted by molar-refractivity contribution is -0.122. The fourth-order valence-electron chi connectivity index (χ4n) is 2.76. The van der Waals surface area contributed by atoms with Gasteiger partial charge in [0.1, 0.15) is 0 Å². The van der Waals surface area contributed by atoms with Crippen LogP contribution in [-0.2, 0) is 17.6 Å². The van der Waals surface area contributed by atoms with Crippen molar-refractivity contribution in [2.75, 3.05) is 6.54 Å². The molecule has 3 rings (SSSR count). The van der Waals surface area contributed by atoms with Crippen LogP contribution in [0.4, 0.5) is 0 Å². The van der Waals surface area contributed by atoms with E-state index in [1.165, 1.54) is 6.07 Å². The van der Waals surface area contributed by atoms with Crippen molar-refractivity contribution in [3.05, 3.63) is 81.4 Å². The quantitative estimate of drug-likeness (QED) is 0.505. The number of hydrogen-bond donors (Lipinski definition) is 3. The van der Waals surface area contributed by atoms with Gasteiger partial charge in [0, 0.05) is 31.1 Å². The van der Waals surface area contributed by atoms with E-state index in [9.17, 15) is 9.59 Å². The lowest BCUT2D eigenvalue weighted by Crippen LogP contribution is -2.28. The minimum atomic E-state index is -0.250. The van der Waals surface area contributed by atoms with Gasteiger partial charge in [-0.25, -0.2) is 0 Å². The maximum Gasteiger partial charge on any atom is 0.290 e. The van der Waals surface area contributed by atoms with Gasteiger partial charge in [0.25, 0.3) is 12.4 Å². The molecule has 0 saturated heterocycles. The molecule has 3 N–H and O–H groups in total. The molecule has 9 heteroatoms. The van der Waals surface area contributed by atoms with E-state index in [0.29, 0.717) is 42.4 Å². The number of carboxylic acid groups (broad SMARTS) is 1. The first-order valence-corrected chi connectivity index (χ1v) is 9.39. The molecule has 0 atom stereocenters. The monoisotopic (exact) mass is 412 g/mol. The van der Waals surface area contributed by atoms with Crippen LogP contribution < -0.4 is 10.9 Å². The Morgan fingerprint density at radius 3 is 2.60 bits per heavy atom. The third-order valence-corrected chi connectivity index (χ3v) is 4.11. The van der Waals surface area contributed by atoms with Crippen LogP contribution in [0.3, 0.4) is 0 Å². The van der Waals surface area contributed by atoms with Crippen molar-refractivity contribution < 1.29 is 19.2 Å². The number of H-pyrrole nitrogens is 1. The van der Waals surface area contributed by atoms with E-state index in [1.807, 2.05) is 44.2 Å². The number of aromatic amines is 1. The summed E-state index contributed by atoms with van der Waals surface area (Å²) in [6.45, 7) is 3.96. The number of nitrogens with zero attached hydrogens (tertiary/aromatic N) is 2. The molecule has 0 radical (unpaired) electrons. The highest BCUT2D eigenvalue weighted by molar-refractivity contribution is 5.95. The molecule has 158 valence electrons. The summed E-state index contributed by atoms with van der Waals surface area (Å²) in [6, 6.07) is 12.8. The summed E-state index contributed by atoms with van der Waals surface area (Å²) in [5, 5.41) is 13.7. The summed E-state index contributed by atoms with van der Waals surface area (Å²) < 4.78 is 5.24. The minimum Gasteiger partial charge on any atom is -0.483 e. The number of benzene rings is 1. The fourth-order valence-corrected chi connectivity index (χ4v) is 2.76. The van der Waals surface area contributed by atoms with Crippen molar-refractivity contribution in [2.24, 2.45) is 0 Å². The second-order valence-electron chi connectivity index (χ2n) is 6.68. The standard InChI is InChI=1S/C20H22N4O3.CH2O2/c1-13(2)19-15(8-9-17(25)23-19)20(26)21-11-10-18-22-16(24-27-18)12-14-6-4-3-5-7-14;2-1-3/h3-9,13H,10-12H2,1-2H3,(H,21,26)(H,23,25);1H,(H,2,3). The molecular weight excluding hydrogens is 388 g/mol. The normalized spacial score (nSPS) is 10.2. The Bertz CT molecular complexity index is 1010. The molecule has 1 amide bonds. The predicted octanol–water partition coefficient (Wildman–Crippen LogP) is 2.15. The maximum absolute atomic E-state index is 12.4. The molecule has 1 aromatic carbocycles. The van der Waals surface area contributed by atoms with E-state index in [4.69, 9.17) is 14.4 Å². The van der Waals surface area contributed by atoms with Gasteiger partial charge in [0.05, 0.1) is 5.56 Å². The van der Waals surface area contributed by atoms with Gasteiger partial charge in [-0.3, -0.25) is 14.4 Å². The summed E-state index contributed by atoms with van der Waals surface area (Å²) >= 11 is 0. The molecule has 0 fully saturated rings. The Morgan fingerprint density at radius 1 is 1.23 bits per heavy atom. The van der Waals surface area contributed by atoms with Crippen molar-refractivity contribution in [1.82, 2.24) is 20.4 Å². The molecule has 0 spiro atoms. The third-order valence-electron chi connectivity index (χ3n) is 4.11. The van der Waals surface area contributed by atoms with Gasteiger partial charge in [0.15, 0.2) is 5.82 Å². The number of rotatable bonds is 7. The zero-order valence-corrected chi connectivity index (χ0v) is 16.8. The minimum absolute atomic E-state index is 0.0381. The topological polar surface area (TPSA) is 138 Å². The molecule has 2 heterocycles. The Kier molecular flexibility index (Phi) is 8.49. The average molecular weight is 412 g/mol. The van der Waals surface area contributed by atoms with E-state index in [-0.39, 0.29) is 23.9 Å². The lowest BCUT2D eigenvalue weighted by Gasteiger charge is -2.11. The van der Waals surface area contributed by atoms with Gasteiger partial charge in [0.2, 0.25) is 11.4 Å². The molecule has 0 saturated carbocycles. The summed E-state index contributed by atoms with van der Waals surface area (Å²) in [5.74, 6) is 0.896. The molecule has 30 heavy (non-hydrogen) atoms. The highest BCUT2D eigenvalue weighted by Crippen LogP contribution is 2.15. The molecule has 0 bridgehead atoms. The number of hydrogen-bond acceptors (Lipinski definition) is 6. The lowest BCUT2D eigenvalue weighted by atomic mass is 10.0. The molecule has 0 unspecified atom stereocenters. The smallest absolute Gasteiger partial charge is 0.290 e. The number of amides is 1. The highest BCUT2D eigenvalue weighted by Gasteiger charge is 2.15. The Balaban J connectivity index is 0.00000101.